The van der Waals surface area contributed by atoms with Crippen LogP contribution < -0.4 is 19.8 Å². The molecule has 31 heavy (non-hydrogen) atoms. The van der Waals surface area contributed by atoms with Crippen LogP contribution in [-0.4, -0.2) is 20.0 Å². The topological polar surface area (TPSA) is 75.0 Å². The monoisotopic (exact) mass is 420 g/mol. The fourth-order valence-corrected chi connectivity index (χ4v) is 4.85. The van der Waals surface area contributed by atoms with E-state index >= 15 is 0 Å². The van der Waals surface area contributed by atoms with Gasteiger partial charge in [-0.15, -0.1) is 0 Å². The van der Waals surface area contributed by atoms with Gasteiger partial charge in [-0.1, -0.05) is 6.07 Å². The molecule has 1 aliphatic heterocycles. The van der Waals surface area contributed by atoms with E-state index in [9.17, 15) is 9.59 Å². The van der Waals surface area contributed by atoms with Crippen molar-refractivity contribution in [2.45, 2.75) is 45.1 Å². The lowest BCUT2D eigenvalue weighted by Crippen LogP contribution is -2.23. The van der Waals surface area contributed by atoms with Gasteiger partial charge in [-0.3, -0.25) is 4.79 Å². The Balaban J connectivity index is 1.70. The lowest BCUT2D eigenvalue weighted by atomic mass is 9.86. The van der Waals surface area contributed by atoms with E-state index in [1.165, 1.54) is 0 Å². The smallest absolute Gasteiger partial charge is 0.339 e. The van der Waals surface area contributed by atoms with Crippen LogP contribution in [0.15, 0.2) is 33.5 Å². The molecule has 0 radical (unpaired) electrons. The lowest BCUT2D eigenvalue weighted by molar-refractivity contribution is 0.0852. The first-order chi connectivity index (χ1) is 15.0. The largest absolute Gasteiger partial charge is 0.493 e. The van der Waals surface area contributed by atoms with Crippen molar-refractivity contribution in [2.75, 3.05) is 14.2 Å². The molecule has 5 rings (SSSR count). The highest BCUT2D eigenvalue weighted by Gasteiger charge is 2.33. The second-order valence-electron chi connectivity index (χ2n) is 8.17. The van der Waals surface area contributed by atoms with Crippen molar-refractivity contribution < 1.29 is 23.4 Å². The Morgan fingerprint density at radius 1 is 0.968 bits per heavy atom. The predicted molar refractivity (Wildman–Crippen MR) is 116 cm³/mol. The van der Waals surface area contributed by atoms with Gasteiger partial charge in [0.15, 0.2) is 17.3 Å². The molecule has 2 heterocycles. The zero-order valence-electron chi connectivity index (χ0n) is 17.9. The predicted octanol–water partition coefficient (Wildman–Crippen LogP) is 4.70. The van der Waals surface area contributed by atoms with Crippen molar-refractivity contribution >= 4 is 16.8 Å². The van der Waals surface area contributed by atoms with E-state index in [1.807, 2.05) is 25.1 Å². The number of benzene rings is 2. The quantitative estimate of drug-likeness (QED) is 0.572. The highest BCUT2D eigenvalue weighted by molar-refractivity contribution is 6.07. The minimum atomic E-state index is -0.462. The summed E-state index contributed by atoms with van der Waals surface area (Å²) in [4.78, 5) is 25.8. The van der Waals surface area contributed by atoms with Gasteiger partial charge in [0.1, 0.15) is 17.4 Å². The first-order valence-corrected chi connectivity index (χ1v) is 10.6. The van der Waals surface area contributed by atoms with Crippen molar-refractivity contribution in [2.24, 2.45) is 0 Å². The number of hydrogen-bond donors (Lipinski definition) is 0. The van der Waals surface area contributed by atoms with Crippen molar-refractivity contribution in [3.63, 3.8) is 0 Å². The molecule has 160 valence electrons. The van der Waals surface area contributed by atoms with Crippen LogP contribution in [0.1, 0.15) is 58.0 Å². The molecule has 2 aliphatic rings. The Hall–Kier alpha value is -3.28. The molecule has 0 N–H and O–H groups in total. The van der Waals surface area contributed by atoms with Crippen LogP contribution in [0, 0.1) is 6.92 Å². The molecule has 3 aromatic rings. The van der Waals surface area contributed by atoms with Crippen molar-refractivity contribution in [3.8, 4) is 17.2 Å². The van der Waals surface area contributed by atoms with Crippen LogP contribution >= 0.6 is 0 Å². The number of carbonyl (C=O) groups excluding carboxylic acids is 1. The third-order valence-corrected chi connectivity index (χ3v) is 6.35. The maximum absolute atomic E-state index is 13.2. The summed E-state index contributed by atoms with van der Waals surface area (Å²) in [6, 6.07) is 7.34. The Morgan fingerprint density at radius 2 is 1.71 bits per heavy atom. The molecule has 0 spiro atoms. The molecule has 0 fully saturated rings. The molecule has 0 saturated carbocycles. The lowest BCUT2D eigenvalue weighted by Gasteiger charge is -2.29. The van der Waals surface area contributed by atoms with E-state index in [1.54, 1.807) is 20.3 Å². The van der Waals surface area contributed by atoms with Crippen LogP contribution in [-0.2, 0) is 12.8 Å². The summed E-state index contributed by atoms with van der Waals surface area (Å²) in [5, 5.41) is 0.772. The molecule has 0 saturated heterocycles. The first-order valence-electron chi connectivity index (χ1n) is 10.6. The molecule has 6 nitrogen and oxygen atoms in total. The molecule has 1 aliphatic carbocycles. The van der Waals surface area contributed by atoms with E-state index < -0.39 is 6.10 Å². The van der Waals surface area contributed by atoms with Crippen molar-refractivity contribution in [3.05, 3.63) is 62.5 Å². The Labute approximate surface area is 179 Å². The van der Waals surface area contributed by atoms with Crippen LogP contribution in [0.2, 0.25) is 0 Å². The summed E-state index contributed by atoms with van der Waals surface area (Å²) in [6.07, 6.45) is 3.21. The minimum absolute atomic E-state index is 0.0243. The third-order valence-electron chi connectivity index (χ3n) is 6.35. The number of aryl methyl sites for hydroxylation is 2. The van der Waals surface area contributed by atoms with Crippen LogP contribution in [0.5, 0.6) is 17.2 Å². The summed E-state index contributed by atoms with van der Waals surface area (Å²) in [7, 11) is 3.16. The van der Waals surface area contributed by atoms with Crippen molar-refractivity contribution in [1.29, 1.82) is 0 Å². The van der Waals surface area contributed by atoms with Gasteiger partial charge in [-0.05, 0) is 67.5 Å². The van der Waals surface area contributed by atoms with Gasteiger partial charge >= 0.3 is 5.63 Å². The molecule has 0 bridgehead atoms. The molecule has 6 heteroatoms. The van der Waals surface area contributed by atoms with E-state index in [-0.39, 0.29) is 17.8 Å². The van der Waals surface area contributed by atoms with E-state index in [4.69, 9.17) is 18.6 Å². The normalized spacial score (nSPS) is 17.6. The first kappa shape index (κ1) is 19.7. The average Bonchev–Trinajstić information content (AvgIpc) is 2.78. The summed E-state index contributed by atoms with van der Waals surface area (Å²) < 4.78 is 22.9. The second kappa shape index (κ2) is 7.45. The molecular formula is C25H24O6. The average molecular weight is 420 g/mol. The number of Topliss-reactive ketones (excluding diaryl/α,β-unsaturated/α-hetero) is 1. The number of fused-ring (bicyclic) bond motifs is 5. The van der Waals surface area contributed by atoms with Crippen LogP contribution in [0.25, 0.3) is 11.0 Å². The number of ketones is 1. The fourth-order valence-electron chi connectivity index (χ4n) is 4.85. The molecule has 1 atom stereocenters. The second-order valence-corrected chi connectivity index (χ2v) is 8.17. The van der Waals surface area contributed by atoms with Gasteiger partial charge in [0, 0.05) is 5.56 Å². The van der Waals surface area contributed by atoms with Gasteiger partial charge in [0.25, 0.3) is 0 Å². The molecule has 2 aromatic carbocycles. The van der Waals surface area contributed by atoms with Gasteiger partial charge < -0.3 is 18.6 Å². The number of methoxy groups -OCH3 is 2. The van der Waals surface area contributed by atoms with E-state index in [0.717, 1.165) is 41.3 Å². The maximum atomic E-state index is 13.2. The van der Waals surface area contributed by atoms with E-state index in [0.29, 0.717) is 40.4 Å². The van der Waals surface area contributed by atoms with Crippen molar-refractivity contribution in [1.82, 2.24) is 0 Å². The maximum Gasteiger partial charge on any atom is 0.339 e. The Bertz CT molecular complexity index is 1270. The Morgan fingerprint density at radius 3 is 2.45 bits per heavy atom. The van der Waals surface area contributed by atoms with Crippen LogP contribution in [0.3, 0.4) is 0 Å². The standard InChI is InChI=1S/C25H24O6/c1-13-10-21-23(15-6-4-5-7-16(15)25(27)31-21)24-22(13)17(26)12-19(30-24)14-8-9-18(28-2)20(11-14)29-3/h8-11,19H,4-7,12H2,1-3H3/t19-/m0/s1. The summed E-state index contributed by atoms with van der Waals surface area (Å²) in [5.41, 5.74) is 4.08. The van der Waals surface area contributed by atoms with Gasteiger partial charge in [-0.2, -0.15) is 0 Å². The fraction of sp³-hybridized carbons (Fsp3) is 0.360. The highest BCUT2D eigenvalue weighted by Crippen LogP contribution is 2.45. The molecule has 0 unspecified atom stereocenters. The molecule has 0 amide bonds. The highest BCUT2D eigenvalue weighted by atomic mass is 16.5. The molecule has 1 aromatic heterocycles. The van der Waals surface area contributed by atoms with Gasteiger partial charge in [0.05, 0.1) is 31.6 Å². The summed E-state index contributed by atoms with van der Waals surface area (Å²) in [6.45, 7) is 1.86. The SMILES string of the molecule is COc1ccc([C@@H]2CC(=O)c3c(C)cc4oc(=O)c5c(c4c3O2)CCCC5)cc1OC. The summed E-state index contributed by atoms with van der Waals surface area (Å²) in [5.74, 6) is 1.76. The van der Waals surface area contributed by atoms with Crippen LogP contribution in [0.4, 0.5) is 0 Å². The zero-order valence-corrected chi connectivity index (χ0v) is 17.9. The molecular weight excluding hydrogens is 396 g/mol. The number of carbonyl (C=O) groups is 1. The van der Waals surface area contributed by atoms with Gasteiger partial charge in [0.2, 0.25) is 0 Å². The summed E-state index contributed by atoms with van der Waals surface area (Å²) >= 11 is 0. The number of hydrogen-bond acceptors (Lipinski definition) is 6. The third kappa shape index (κ3) is 3.09. The minimum Gasteiger partial charge on any atom is -0.493 e. The van der Waals surface area contributed by atoms with Gasteiger partial charge in [-0.25, -0.2) is 4.79 Å². The Kier molecular flexibility index (Phi) is 4.73. The van der Waals surface area contributed by atoms with E-state index in [2.05, 4.69) is 0 Å². The number of rotatable bonds is 3. The number of ether oxygens (including phenoxy) is 3. The zero-order chi connectivity index (χ0) is 21.7.